The van der Waals surface area contributed by atoms with Gasteiger partial charge >= 0.3 is 0 Å². The Hall–Kier alpha value is -3.63. The van der Waals surface area contributed by atoms with Crippen molar-refractivity contribution < 1.29 is 14.3 Å². The summed E-state index contributed by atoms with van der Waals surface area (Å²) in [6.07, 6.45) is -0.654. The van der Waals surface area contributed by atoms with E-state index in [1.165, 1.54) is 0 Å². The van der Waals surface area contributed by atoms with E-state index in [9.17, 15) is 4.79 Å². The van der Waals surface area contributed by atoms with Crippen molar-refractivity contribution in [1.82, 2.24) is 0 Å². The van der Waals surface area contributed by atoms with Gasteiger partial charge < -0.3 is 14.8 Å². The monoisotopic (exact) mass is 425 g/mol. The molecule has 0 aliphatic carbocycles. The lowest BCUT2D eigenvalue weighted by Crippen LogP contribution is -2.34. The first-order valence-electron chi connectivity index (χ1n) is 10.7. The Balaban J connectivity index is 1.68. The van der Waals surface area contributed by atoms with Crippen molar-refractivity contribution >= 4 is 22.2 Å². The van der Waals surface area contributed by atoms with Gasteiger partial charge in [-0.2, -0.15) is 0 Å². The van der Waals surface area contributed by atoms with Crippen molar-refractivity contribution in [2.45, 2.75) is 25.7 Å². The zero-order chi connectivity index (χ0) is 22.3. The second-order valence-electron chi connectivity index (χ2n) is 7.78. The minimum Gasteiger partial charge on any atom is -0.497 e. The average molecular weight is 426 g/mol. The number of hydrogen-bond acceptors (Lipinski definition) is 4. The number of carbonyl (C=O) groups is 1. The molecule has 0 radical (unpaired) electrons. The first kappa shape index (κ1) is 21.6. The van der Waals surface area contributed by atoms with Gasteiger partial charge in [-0.05, 0) is 59.2 Å². The Kier molecular flexibility index (Phi) is 6.83. The summed E-state index contributed by atoms with van der Waals surface area (Å²) >= 11 is 0. The molecule has 0 aliphatic heterocycles. The fraction of sp³-hybridized carbons (Fsp3) is 0.179. The third-order valence-corrected chi connectivity index (χ3v) is 5.52. The normalized spacial score (nSPS) is 12.8. The summed E-state index contributed by atoms with van der Waals surface area (Å²) in [5.74, 6) is 0.751. The van der Waals surface area contributed by atoms with Gasteiger partial charge in [0.05, 0.1) is 19.8 Å². The van der Waals surface area contributed by atoms with Gasteiger partial charge in [0.1, 0.15) is 11.9 Å². The lowest BCUT2D eigenvalue weighted by Gasteiger charge is -2.28. The van der Waals surface area contributed by atoms with Crippen LogP contribution in [-0.4, -0.2) is 19.0 Å². The largest absolute Gasteiger partial charge is 0.497 e. The fourth-order valence-corrected chi connectivity index (χ4v) is 3.81. The maximum Gasteiger partial charge on any atom is 0.160 e. The van der Waals surface area contributed by atoms with E-state index in [2.05, 4.69) is 35.6 Å². The molecule has 0 unspecified atom stereocenters. The van der Waals surface area contributed by atoms with Gasteiger partial charge in [-0.15, -0.1) is 0 Å². The molecule has 0 spiro atoms. The van der Waals surface area contributed by atoms with Crippen LogP contribution in [-0.2, 0) is 16.1 Å². The van der Waals surface area contributed by atoms with Crippen molar-refractivity contribution in [2.75, 3.05) is 12.4 Å². The molecule has 0 aromatic heterocycles. The third kappa shape index (κ3) is 5.16. The number of methoxy groups -OCH3 is 1. The van der Waals surface area contributed by atoms with Gasteiger partial charge in [-0.1, -0.05) is 66.7 Å². The fourth-order valence-electron chi connectivity index (χ4n) is 3.81. The van der Waals surface area contributed by atoms with Crippen molar-refractivity contribution in [2.24, 2.45) is 0 Å². The second-order valence-corrected chi connectivity index (χ2v) is 7.78. The van der Waals surface area contributed by atoms with Crippen LogP contribution in [0.1, 0.15) is 24.1 Å². The summed E-state index contributed by atoms with van der Waals surface area (Å²) in [7, 11) is 1.64. The Morgan fingerprint density at radius 2 is 1.53 bits per heavy atom. The van der Waals surface area contributed by atoms with E-state index in [0.717, 1.165) is 33.3 Å². The van der Waals surface area contributed by atoms with Crippen LogP contribution >= 0.6 is 0 Å². The van der Waals surface area contributed by atoms with Gasteiger partial charge in [0.2, 0.25) is 0 Å². The molecule has 32 heavy (non-hydrogen) atoms. The molecule has 4 nitrogen and oxygen atoms in total. The molecular formula is C28H27NO3. The van der Waals surface area contributed by atoms with Gasteiger partial charge in [-0.25, -0.2) is 0 Å². The van der Waals surface area contributed by atoms with Gasteiger partial charge in [0.25, 0.3) is 0 Å². The zero-order valence-corrected chi connectivity index (χ0v) is 18.3. The second kappa shape index (κ2) is 10.1. The van der Waals surface area contributed by atoms with E-state index in [1.54, 1.807) is 14.0 Å². The van der Waals surface area contributed by atoms with Crippen LogP contribution in [0.5, 0.6) is 5.75 Å². The molecule has 0 aliphatic rings. The molecule has 1 N–H and O–H groups in total. The highest BCUT2D eigenvalue weighted by Crippen LogP contribution is 2.29. The van der Waals surface area contributed by atoms with Crippen LogP contribution in [0.25, 0.3) is 10.8 Å². The molecule has 4 rings (SSSR count). The van der Waals surface area contributed by atoms with E-state index < -0.39 is 6.10 Å². The van der Waals surface area contributed by atoms with E-state index in [-0.39, 0.29) is 11.8 Å². The minimum atomic E-state index is -0.654. The molecule has 0 bridgehead atoms. The highest BCUT2D eigenvalue weighted by molar-refractivity contribution is 5.85. The highest BCUT2D eigenvalue weighted by Gasteiger charge is 2.28. The molecule has 4 heteroatoms. The number of ether oxygens (including phenoxy) is 2. The molecule has 0 amide bonds. The molecule has 0 saturated carbocycles. The van der Waals surface area contributed by atoms with Crippen molar-refractivity contribution in [3.05, 3.63) is 108 Å². The smallest absolute Gasteiger partial charge is 0.160 e. The standard InChI is InChI=1S/C28H27NO3/c1-20(30)28(32-19-21-8-4-3-5-9-21)27(29-25-14-16-26(31-2)17-15-25)24-13-12-22-10-6-7-11-23(22)18-24/h3-18,27-29H,19H2,1-2H3/t27-,28+/m1/s1. The first-order valence-corrected chi connectivity index (χ1v) is 10.7. The molecule has 162 valence electrons. The van der Waals surface area contributed by atoms with Crippen LogP contribution in [0, 0.1) is 0 Å². The number of benzene rings is 4. The Labute approximate surface area is 188 Å². The van der Waals surface area contributed by atoms with Crippen LogP contribution < -0.4 is 10.1 Å². The summed E-state index contributed by atoms with van der Waals surface area (Å²) in [4.78, 5) is 12.7. The molecule has 0 fully saturated rings. The molecule has 4 aromatic carbocycles. The van der Waals surface area contributed by atoms with Crippen LogP contribution in [0.3, 0.4) is 0 Å². The minimum absolute atomic E-state index is 0.0277. The van der Waals surface area contributed by atoms with E-state index >= 15 is 0 Å². The summed E-state index contributed by atoms with van der Waals surface area (Å²) in [5.41, 5.74) is 2.91. The summed E-state index contributed by atoms with van der Waals surface area (Å²) in [6, 6.07) is 31.7. The van der Waals surface area contributed by atoms with Crippen LogP contribution in [0.2, 0.25) is 0 Å². The topological polar surface area (TPSA) is 47.6 Å². The summed E-state index contributed by atoms with van der Waals surface area (Å²) < 4.78 is 11.5. The maximum absolute atomic E-state index is 12.7. The highest BCUT2D eigenvalue weighted by atomic mass is 16.5. The lowest BCUT2D eigenvalue weighted by atomic mass is 9.95. The van der Waals surface area contributed by atoms with Crippen LogP contribution in [0.4, 0.5) is 5.69 Å². The molecule has 0 heterocycles. The number of carbonyl (C=O) groups excluding carboxylic acids is 1. The van der Waals surface area contributed by atoms with Crippen molar-refractivity contribution in [3.63, 3.8) is 0 Å². The first-order chi connectivity index (χ1) is 15.6. The zero-order valence-electron chi connectivity index (χ0n) is 18.3. The Bertz CT molecular complexity index is 1170. The SMILES string of the molecule is COc1ccc(N[C@H](c2ccc3ccccc3c2)[C@@H](OCc2ccccc2)C(C)=O)cc1. The lowest BCUT2D eigenvalue weighted by molar-refractivity contribution is -0.130. The predicted molar refractivity (Wildman–Crippen MR) is 129 cm³/mol. The number of ketones is 1. The van der Waals surface area contributed by atoms with Gasteiger partial charge in [0.15, 0.2) is 5.78 Å². The van der Waals surface area contributed by atoms with E-state index in [4.69, 9.17) is 9.47 Å². The number of hydrogen-bond donors (Lipinski definition) is 1. The number of nitrogens with one attached hydrogen (secondary N) is 1. The van der Waals surface area contributed by atoms with Crippen molar-refractivity contribution in [1.29, 1.82) is 0 Å². The Morgan fingerprint density at radius 3 is 2.22 bits per heavy atom. The number of rotatable bonds is 9. The van der Waals surface area contributed by atoms with Gasteiger partial charge in [0, 0.05) is 5.69 Å². The quantitative estimate of drug-likeness (QED) is 0.348. The summed E-state index contributed by atoms with van der Waals surface area (Å²) in [5, 5.41) is 5.81. The summed E-state index contributed by atoms with van der Waals surface area (Å²) in [6.45, 7) is 1.94. The van der Waals surface area contributed by atoms with E-state index in [1.807, 2.05) is 66.7 Å². The van der Waals surface area contributed by atoms with Crippen molar-refractivity contribution in [3.8, 4) is 5.75 Å². The van der Waals surface area contributed by atoms with Crippen LogP contribution in [0.15, 0.2) is 97.1 Å². The number of fused-ring (bicyclic) bond motifs is 1. The number of Topliss-reactive ketones (excluding diaryl/α,β-unsaturated/α-hetero) is 1. The molecule has 4 aromatic rings. The molecule has 2 atom stereocenters. The Morgan fingerprint density at radius 1 is 0.844 bits per heavy atom. The van der Waals surface area contributed by atoms with E-state index in [0.29, 0.717) is 6.61 Å². The average Bonchev–Trinajstić information content (AvgIpc) is 2.84. The molecular weight excluding hydrogens is 398 g/mol. The third-order valence-electron chi connectivity index (χ3n) is 5.52. The maximum atomic E-state index is 12.7. The predicted octanol–water partition coefficient (Wildman–Crippen LogP) is 6.18. The van der Waals surface area contributed by atoms with Gasteiger partial charge in [-0.3, -0.25) is 4.79 Å². The number of anilines is 1. The molecule has 0 saturated heterocycles.